The number of ether oxygens (including phenoxy) is 1. The molecule has 4 rings (SSSR count). The molecule has 0 aliphatic heterocycles. The van der Waals surface area contributed by atoms with Crippen LogP contribution >= 0.6 is 0 Å². The summed E-state index contributed by atoms with van der Waals surface area (Å²) in [5.41, 5.74) is 0.885. The van der Waals surface area contributed by atoms with Crippen molar-refractivity contribution in [1.29, 1.82) is 0 Å². The maximum Gasteiger partial charge on any atom is 0.175 e. The normalized spacial score (nSPS) is 21.8. The van der Waals surface area contributed by atoms with Gasteiger partial charge in [0.2, 0.25) is 0 Å². The molecular formula is C21H17NO3. The summed E-state index contributed by atoms with van der Waals surface area (Å²) in [5.74, 6) is -0.202. The molecule has 0 spiro atoms. The van der Waals surface area contributed by atoms with Crippen molar-refractivity contribution in [2.75, 3.05) is 7.11 Å². The number of aliphatic hydroxyl groups is 1. The van der Waals surface area contributed by atoms with E-state index in [0.29, 0.717) is 28.1 Å². The van der Waals surface area contributed by atoms with Crippen LogP contribution in [0.15, 0.2) is 72.9 Å². The molecule has 0 radical (unpaired) electrons. The summed E-state index contributed by atoms with van der Waals surface area (Å²) in [6.07, 6.45) is 1.64. The van der Waals surface area contributed by atoms with Gasteiger partial charge < -0.3 is 9.84 Å². The van der Waals surface area contributed by atoms with Crippen molar-refractivity contribution in [2.45, 2.75) is 11.5 Å². The number of Topliss-reactive ketones (excluding diaryl/α,β-unsaturated/α-hetero) is 1. The molecule has 1 aliphatic carbocycles. The molecule has 1 N–H and O–H groups in total. The SMILES string of the molecule is COc1ccc([C@]2(O)c3ccccc3C(=O)[C@@H]2c2ccccn2)cc1. The van der Waals surface area contributed by atoms with Gasteiger partial charge in [-0.25, -0.2) is 0 Å². The van der Waals surface area contributed by atoms with Crippen molar-refractivity contribution in [2.24, 2.45) is 0 Å². The van der Waals surface area contributed by atoms with Gasteiger partial charge in [-0.05, 0) is 35.4 Å². The molecule has 0 saturated heterocycles. The zero-order chi connectivity index (χ0) is 17.4. The number of hydrogen-bond donors (Lipinski definition) is 1. The first-order valence-corrected chi connectivity index (χ1v) is 8.08. The Morgan fingerprint density at radius 2 is 1.72 bits per heavy atom. The van der Waals surface area contributed by atoms with Gasteiger partial charge in [-0.15, -0.1) is 0 Å². The van der Waals surface area contributed by atoms with Gasteiger partial charge in [0, 0.05) is 11.8 Å². The third-order valence-electron chi connectivity index (χ3n) is 4.80. The average molecular weight is 331 g/mol. The van der Waals surface area contributed by atoms with Gasteiger partial charge in [0.1, 0.15) is 17.3 Å². The predicted molar refractivity (Wildman–Crippen MR) is 93.7 cm³/mol. The van der Waals surface area contributed by atoms with Crippen LogP contribution in [0.3, 0.4) is 0 Å². The monoisotopic (exact) mass is 331 g/mol. The summed E-state index contributed by atoms with van der Waals surface area (Å²) in [4.78, 5) is 17.4. The number of pyridine rings is 1. The fourth-order valence-electron chi connectivity index (χ4n) is 3.59. The van der Waals surface area contributed by atoms with Crippen molar-refractivity contribution >= 4 is 5.78 Å². The van der Waals surface area contributed by atoms with Gasteiger partial charge in [-0.1, -0.05) is 42.5 Å². The second-order valence-electron chi connectivity index (χ2n) is 6.09. The Morgan fingerprint density at radius 3 is 2.40 bits per heavy atom. The molecule has 1 heterocycles. The minimum Gasteiger partial charge on any atom is -0.497 e. The lowest BCUT2D eigenvalue weighted by molar-refractivity contribution is 0.0523. The Bertz CT molecular complexity index is 921. The van der Waals surface area contributed by atoms with Crippen LogP contribution in [0.2, 0.25) is 0 Å². The number of ketones is 1. The van der Waals surface area contributed by atoms with Crippen LogP contribution in [0.4, 0.5) is 0 Å². The number of aromatic nitrogens is 1. The highest BCUT2D eigenvalue weighted by Gasteiger charge is 2.53. The van der Waals surface area contributed by atoms with Gasteiger partial charge in [0.25, 0.3) is 0 Å². The zero-order valence-corrected chi connectivity index (χ0v) is 13.7. The average Bonchev–Trinajstić information content (AvgIpc) is 2.91. The third kappa shape index (κ3) is 2.26. The number of carbonyl (C=O) groups is 1. The molecule has 4 nitrogen and oxygen atoms in total. The molecule has 0 fully saturated rings. The van der Waals surface area contributed by atoms with Crippen molar-refractivity contribution < 1.29 is 14.6 Å². The lowest BCUT2D eigenvalue weighted by Crippen LogP contribution is -2.33. The van der Waals surface area contributed by atoms with E-state index in [-0.39, 0.29) is 5.78 Å². The molecule has 1 aliphatic rings. The van der Waals surface area contributed by atoms with Gasteiger partial charge in [0.15, 0.2) is 5.78 Å². The summed E-state index contributed by atoms with van der Waals surface area (Å²) < 4.78 is 5.21. The van der Waals surface area contributed by atoms with E-state index in [1.165, 1.54) is 0 Å². The summed E-state index contributed by atoms with van der Waals surface area (Å²) in [6.45, 7) is 0. The van der Waals surface area contributed by atoms with E-state index >= 15 is 0 Å². The Labute approximate surface area is 145 Å². The summed E-state index contributed by atoms with van der Waals surface area (Å²) >= 11 is 0. The first kappa shape index (κ1) is 15.5. The number of benzene rings is 2. The molecule has 3 aromatic rings. The van der Waals surface area contributed by atoms with Crippen LogP contribution in [0.5, 0.6) is 5.75 Å². The van der Waals surface area contributed by atoms with E-state index in [2.05, 4.69) is 4.98 Å². The van der Waals surface area contributed by atoms with Gasteiger partial charge >= 0.3 is 0 Å². The summed E-state index contributed by atoms with van der Waals surface area (Å²) in [5, 5.41) is 11.8. The Morgan fingerprint density at radius 1 is 1.00 bits per heavy atom. The fraction of sp³-hybridized carbons (Fsp3) is 0.143. The Kier molecular flexibility index (Phi) is 3.62. The number of carbonyl (C=O) groups excluding carboxylic acids is 1. The second kappa shape index (κ2) is 5.83. The van der Waals surface area contributed by atoms with E-state index in [1.807, 2.05) is 18.2 Å². The smallest absolute Gasteiger partial charge is 0.175 e. The maximum absolute atomic E-state index is 13.1. The van der Waals surface area contributed by atoms with Gasteiger partial charge in [0.05, 0.1) is 12.8 Å². The number of rotatable bonds is 3. The topological polar surface area (TPSA) is 59.4 Å². The number of fused-ring (bicyclic) bond motifs is 1. The van der Waals surface area contributed by atoms with Crippen LogP contribution in [-0.2, 0) is 5.60 Å². The number of methoxy groups -OCH3 is 1. The molecule has 124 valence electrons. The van der Waals surface area contributed by atoms with Crippen LogP contribution in [-0.4, -0.2) is 23.0 Å². The fourth-order valence-corrected chi connectivity index (χ4v) is 3.59. The van der Waals surface area contributed by atoms with E-state index < -0.39 is 11.5 Å². The van der Waals surface area contributed by atoms with Crippen molar-refractivity contribution in [3.8, 4) is 5.75 Å². The molecule has 0 saturated carbocycles. The van der Waals surface area contributed by atoms with E-state index in [9.17, 15) is 9.90 Å². The quantitative estimate of drug-likeness (QED) is 0.800. The van der Waals surface area contributed by atoms with Crippen molar-refractivity contribution in [1.82, 2.24) is 4.98 Å². The molecule has 0 bridgehead atoms. The molecular weight excluding hydrogens is 314 g/mol. The largest absolute Gasteiger partial charge is 0.497 e. The minimum atomic E-state index is -1.46. The van der Waals surface area contributed by atoms with Crippen LogP contribution < -0.4 is 4.74 Å². The molecule has 4 heteroatoms. The minimum absolute atomic E-state index is 0.118. The van der Waals surface area contributed by atoms with E-state index in [4.69, 9.17) is 4.74 Å². The highest BCUT2D eigenvalue weighted by atomic mass is 16.5. The molecule has 0 amide bonds. The van der Waals surface area contributed by atoms with Gasteiger partial charge in [-0.2, -0.15) is 0 Å². The summed E-state index contributed by atoms with van der Waals surface area (Å²) in [6, 6.07) is 19.8. The second-order valence-corrected chi connectivity index (χ2v) is 6.09. The molecule has 25 heavy (non-hydrogen) atoms. The Balaban J connectivity index is 1.95. The third-order valence-corrected chi connectivity index (χ3v) is 4.80. The van der Waals surface area contributed by atoms with Crippen molar-refractivity contribution in [3.63, 3.8) is 0 Å². The lowest BCUT2D eigenvalue weighted by Gasteiger charge is -2.30. The standard InChI is InChI=1S/C21H17NO3/c1-25-15-11-9-14(10-12-15)21(24)17-7-3-2-6-16(17)20(23)19(21)18-8-4-5-13-22-18/h2-13,19,24H,1H3/t19-,21-/m0/s1. The van der Waals surface area contributed by atoms with Gasteiger partial charge in [-0.3, -0.25) is 9.78 Å². The lowest BCUT2D eigenvalue weighted by atomic mass is 9.79. The van der Waals surface area contributed by atoms with Crippen molar-refractivity contribution in [3.05, 3.63) is 95.3 Å². The molecule has 2 aromatic carbocycles. The number of hydrogen-bond acceptors (Lipinski definition) is 4. The van der Waals surface area contributed by atoms with E-state index in [1.54, 1.807) is 61.8 Å². The van der Waals surface area contributed by atoms with Crippen LogP contribution in [0.1, 0.15) is 33.1 Å². The van der Waals surface area contributed by atoms with Crippen LogP contribution in [0, 0.1) is 0 Å². The highest BCUT2D eigenvalue weighted by Crippen LogP contribution is 2.50. The molecule has 1 aromatic heterocycles. The summed E-state index contributed by atoms with van der Waals surface area (Å²) in [7, 11) is 1.59. The first-order valence-electron chi connectivity index (χ1n) is 8.08. The Hall–Kier alpha value is -2.98. The molecule has 2 atom stereocenters. The van der Waals surface area contributed by atoms with E-state index in [0.717, 1.165) is 0 Å². The first-order chi connectivity index (χ1) is 12.2. The maximum atomic E-state index is 13.1. The zero-order valence-electron chi connectivity index (χ0n) is 13.7. The molecule has 0 unspecified atom stereocenters. The van der Waals surface area contributed by atoms with Crippen LogP contribution in [0.25, 0.3) is 0 Å². The number of nitrogens with zero attached hydrogens (tertiary/aromatic N) is 1. The highest BCUT2D eigenvalue weighted by molar-refractivity contribution is 6.07. The predicted octanol–water partition coefficient (Wildman–Crippen LogP) is 3.31.